The first kappa shape index (κ1) is 46.0. The van der Waals surface area contributed by atoms with Crippen molar-refractivity contribution in [3.05, 3.63) is 69.6 Å². The number of aromatic nitrogens is 4. The van der Waals surface area contributed by atoms with Crippen molar-refractivity contribution in [3.8, 4) is 0 Å². The number of hydrogen-bond donors (Lipinski definition) is 10. The van der Waals surface area contributed by atoms with E-state index in [-0.39, 0.29) is 93.2 Å². The zero-order chi connectivity index (χ0) is 45.8. The standard InChI is InChI=1S/C42H46N4O16/c1-41(17-39(59)60)23(5-9-35(51)52)29-14-27-21(11-37(55)56)19(3-7-33(47)48)25(43-27)13-26-20(4-8-34(49)50)22(12-38(57)58)28(44-26)15-31-42(2,18-40(61)62)24(6-10-36(53)54)30(46-31)16-32(41)45-29/h13-16,23-24,44-45H,3-12,17-18H2,1-2H3,(H,47,48)(H,49,50)(H,51,52)(H,53,54)(H,55,56)(H,57,58)(H,59,60)(H,61,62)/t23-,24-,41+,42+/m1/s1. The van der Waals surface area contributed by atoms with Crippen LogP contribution in [-0.4, -0.2) is 109 Å². The normalized spacial score (nSPS) is 20.0. The van der Waals surface area contributed by atoms with Crippen molar-refractivity contribution in [2.75, 3.05) is 0 Å². The molecule has 10 N–H and O–H groups in total. The van der Waals surface area contributed by atoms with Crippen LogP contribution in [0.15, 0.2) is 24.3 Å². The third-order valence-corrected chi connectivity index (χ3v) is 11.8. The molecule has 0 unspecified atom stereocenters. The lowest BCUT2D eigenvalue weighted by molar-refractivity contribution is -0.140. The number of aromatic amines is 2. The van der Waals surface area contributed by atoms with Crippen LogP contribution < -0.4 is 0 Å². The number of carboxylic acid groups (broad SMARTS) is 8. The number of H-pyrrole nitrogens is 2. The smallest absolute Gasteiger partial charge is 0.307 e. The van der Waals surface area contributed by atoms with Gasteiger partial charge in [0.25, 0.3) is 0 Å². The summed E-state index contributed by atoms with van der Waals surface area (Å²) in [4.78, 5) is 114. The fourth-order valence-corrected chi connectivity index (χ4v) is 8.95. The van der Waals surface area contributed by atoms with Crippen LogP contribution in [0.1, 0.15) is 135 Å². The number of hydrogen-bond acceptors (Lipinski definition) is 10. The summed E-state index contributed by atoms with van der Waals surface area (Å²) < 4.78 is 0. The molecule has 3 aliphatic rings. The van der Waals surface area contributed by atoms with Crippen molar-refractivity contribution in [1.82, 2.24) is 19.9 Å². The second kappa shape index (κ2) is 18.2. The maximum absolute atomic E-state index is 12.6. The molecule has 5 rings (SSSR count). The predicted octanol–water partition coefficient (Wildman–Crippen LogP) is 4.69. The van der Waals surface area contributed by atoms with E-state index in [9.17, 15) is 79.2 Å². The largest absolute Gasteiger partial charge is 0.481 e. The van der Waals surface area contributed by atoms with Gasteiger partial charge in [-0.25, -0.2) is 4.98 Å². The third kappa shape index (κ3) is 10.1. The van der Waals surface area contributed by atoms with Crippen molar-refractivity contribution in [3.63, 3.8) is 0 Å². The van der Waals surface area contributed by atoms with Crippen LogP contribution in [0.2, 0.25) is 0 Å². The molecular formula is C42H46N4O16. The maximum atomic E-state index is 12.6. The molecule has 0 saturated carbocycles. The molecule has 4 atom stereocenters. The quantitative estimate of drug-likeness (QED) is 0.0862. The monoisotopic (exact) mass is 862 g/mol. The number of nitrogens with one attached hydrogen (secondary N) is 2. The van der Waals surface area contributed by atoms with E-state index in [2.05, 4.69) is 9.97 Å². The molecule has 0 aromatic carbocycles. The number of carbonyl (C=O) groups is 8. The second-order valence-corrected chi connectivity index (χ2v) is 16.1. The van der Waals surface area contributed by atoms with Gasteiger partial charge < -0.3 is 50.8 Å². The molecule has 20 nitrogen and oxygen atoms in total. The summed E-state index contributed by atoms with van der Waals surface area (Å²) in [5, 5.41) is 79.7. The van der Waals surface area contributed by atoms with Crippen LogP contribution >= 0.6 is 0 Å². The minimum atomic E-state index is -1.49. The summed E-state index contributed by atoms with van der Waals surface area (Å²) >= 11 is 0. The lowest BCUT2D eigenvalue weighted by atomic mass is 9.69. The van der Waals surface area contributed by atoms with Gasteiger partial charge in [0.1, 0.15) is 0 Å². The van der Waals surface area contributed by atoms with Gasteiger partial charge in [0.05, 0.1) is 37.1 Å². The molecule has 0 aliphatic carbocycles. The second-order valence-electron chi connectivity index (χ2n) is 16.1. The van der Waals surface area contributed by atoms with E-state index in [1.54, 1.807) is 13.8 Å². The number of aliphatic carboxylic acids is 8. The molecule has 2 aromatic heterocycles. The van der Waals surface area contributed by atoms with Crippen LogP contribution in [0.4, 0.5) is 0 Å². The molecule has 8 bridgehead atoms. The van der Waals surface area contributed by atoms with E-state index in [1.165, 1.54) is 24.3 Å². The molecule has 2 aromatic rings. The van der Waals surface area contributed by atoms with Gasteiger partial charge >= 0.3 is 47.8 Å². The molecule has 330 valence electrons. The van der Waals surface area contributed by atoms with E-state index < -0.39 is 122 Å². The number of aryl methyl sites for hydroxylation is 1. The minimum absolute atomic E-state index is 0.00580. The highest BCUT2D eigenvalue weighted by Crippen LogP contribution is 2.51. The molecular weight excluding hydrogens is 816 g/mol. The van der Waals surface area contributed by atoms with Crippen LogP contribution in [0.5, 0.6) is 0 Å². The van der Waals surface area contributed by atoms with Crippen LogP contribution in [0.3, 0.4) is 0 Å². The first-order valence-corrected chi connectivity index (χ1v) is 19.5. The number of allylic oxidation sites excluding steroid dienone is 1. The zero-order valence-corrected chi connectivity index (χ0v) is 33.7. The average Bonchev–Trinajstić information content (AvgIpc) is 3.77. The number of carboxylic acids is 8. The van der Waals surface area contributed by atoms with Gasteiger partial charge in [-0.2, -0.15) is 0 Å². The fraction of sp³-hybridized carbons (Fsp3) is 0.429. The summed E-state index contributed by atoms with van der Waals surface area (Å²) in [6, 6.07) is 5.71. The molecule has 0 spiro atoms. The summed E-state index contributed by atoms with van der Waals surface area (Å²) in [7, 11) is 0. The van der Waals surface area contributed by atoms with E-state index in [0.717, 1.165) is 0 Å². The Labute approximate surface area is 351 Å². The van der Waals surface area contributed by atoms with Crippen molar-refractivity contribution >= 4 is 69.9 Å². The molecule has 20 heteroatoms. The molecule has 3 aliphatic heterocycles. The Hall–Kier alpha value is -7.12. The molecule has 5 heterocycles. The lowest BCUT2D eigenvalue weighted by Gasteiger charge is -2.32. The van der Waals surface area contributed by atoms with E-state index in [1.807, 2.05) is 0 Å². The molecule has 0 fully saturated rings. The Morgan fingerprint density at radius 3 is 1.63 bits per heavy atom. The summed E-state index contributed by atoms with van der Waals surface area (Å²) in [5.74, 6) is -12.0. The van der Waals surface area contributed by atoms with Gasteiger partial charge in [0.15, 0.2) is 0 Å². The molecule has 0 amide bonds. The van der Waals surface area contributed by atoms with Crippen LogP contribution in [0, 0.1) is 0 Å². The first-order valence-electron chi connectivity index (χ1n) is 19.5. The first-order chi connectivity index (χ1) is 29.0. The maximum Gasteiger partial charge on any atom is 0.307 e. The lowest BCUT2D eigenvalue weighted by Crippen LogP contribution is -2.31. The van der Waals surface area contributed by atoms with Gasteiger partial charge in [0, 0.05) is 82.2 Å². The van der Waals surface area contributed by atoms with E-state index >= 15 is 0 Å². The highest BCUT2D eigenvalue weighted by atomic mass is 16.4. The van der Waals surface area contributed by atoms with Crippen molar-refractivity contribution < 1.29 is 79.2 Å². The van der Waals surface area contributed by atoms with Gasteiger partial charge in [-0.05, 0) is 72.2 Å². The van der Waals surface area contributed by atoms with Crippen molar-refractivity contribution in [1.29, 1.82) is 0 Å². The molecule has 0 radical (unpaired) electrons. The van der Waals surface area contributed by atoms with Gasteiger partial charge in [-0.15, -0.1) is 0 Å². The van der Waals surface area contributed by atoms with Crippen molar-refractivity contribution in [2.24, 2.45) is 0 Å². The zero-order valence-electron chi connectivity index (χ0n) is 33.7. The van der Waals surface area contributed by atoms with Gasteiger partial charge in [-0.1, -0.05) is 13.8 Å². The Balaban J connectivity index is 2.08. The molecule has 62 heavy (non-hydrogen) atoms. The van der Waals surface area contributed by atoms with Gasteiger partial charge in [-0.3, -0.25) is 43.3 Å². The highest BCUT2D eigenvalue weighted by molar-refractivity contribution is 5.99. The Morgan fingerprint density at radius 1 is 0.532 bits per heavy atom. The number of fused-ring (bicyclic) bond motifs is 8. The third-order valence-electron chi connectivity index (χ3n) is 11.8. The summed E-state index contributed by atoms with van der Waals surface area (Å²) in [5.41, 5.74) is -1.57. The molecule has 0 saturated heterocycles. The van der Waals surface area contributed by atoms with Crippen molar-refractivity contribution in [2.45, 2.75) is 114 Å². The Bertz CT molecular complexity index is 2480. The SMILES string of the molecule is C[C@@]1(CC(=O)O)c2cc3[nH]c(cc4nc(cc5[nH]c(cc(n2)[C@H]1CCC(=O)O)[C@@](C)(CC(=O)O)[C@@H]5CCC(=O)O)C(CC(=O)O)=C4CCC(=O)O)c(CCC(=O)O)c3CC(=O)O. The summed E-state index contributed by atoms with van der Waals surface area (Å²) in [6.45, 7) is 3.12. The van der Waals surface area contributed by atoms with E-state index in [4.69, 9.17) is 9.97 Å². The number of nitrogens with zero attached hydrogens (tertiary/aromatic N) is 2. The van der Waals surface area contributed by atoms with Crippen LogP contribution in [-0.2, 0) is 62.0 Å². The topological polar surface area (TPSA) is 356 Å². The Morgan fingerprint density at radius 2 is 1.06 bits per heavy atom. The number of rotatable bonds is 20. The van der Waals surface area contributed by atoms with Crippen LogP contribution in [0.25, 0.3) is 22.2 Å². The average molecular weight is 863 g/mol. The highest BCUT2D eigenvalue weighted by Gasteiger charge is 2.48. The summed E-state index contributed by atoms with van der Waals surface area (Å²) in [6.07, 6.45) is -5.18. The fourth-order valence-electron chi connectivity index (χ4n) is 8.95. The van der Waals surface area contributed by atoms with E-state index in [0.29, 0.717) is 0 Å². The van der Waals surface area contributed by atoms with Gasteiger partial charge in [0.2, 0.25) is 0 Å². The predicted molar refractivity (Wildman–Crippen MR) is 214 cm³/mol. The Kier molecular flexibility index (Phi) is 13.5. The minimum Gasteiger partial charge on any atom is -0.481 e.